The standard InChI is InChI=1S/C18H20O2/c1-12-7-8-13(2)16(9-12)18(19)15-10-14-5-3-4-6-17(14)20-11-15/h3-9,15,18-19H,10-11H2,1-2H3. The van der Waals surface area contributed by atoms with Gasteiger partial charge in [0, 0.05) is 5.92 Å². The Hall–Kier alpha value is -1.80. The largest absolute Gasteiger partial charge is 0.493 e. The van der Waals surface area contributed by atoms with Gasteiger partial charge in [-0.25, -0.2) is 0 Å². The first-order chi connectivity index (χ1) is 9.65. The van der Waals surface area contributed by atoms with E-state index in [-0.39, 0.29) is 5.92 Å². The topological polar surface area (TPSA) is 29.5 Å². The molecule has 2 aromatic rings. The van der Waals surface area contributed by atoms with Crippen molar-refractivity contribution < 1.29 is 9.84 Å². The summed E-state index contributed by atoms with van der Waals surface area (Å²) in [5.74, 6) is 1.07. The molecule has 0 aromatic heterocycles. The van der Waals surface area contributed by atoms with Crippen LogP contribution in [0.3, 0.4) is 0 Å². The van der Waals surface area contributed by atoms with Crippen molar-refractivity contribution in [3.63, 3.8) is 0 Å². The fourth-order valence-electron chi connectivity index (χ4n) is 2.89. The van der Waals surface area contributed by atoms with Crippen molar-refractivity contribution >= 4 is 0 Å². The number of rotatable bonds is 2. The Morgan fingerprint density at radius 2 is 1.95 bits per heavy atom. The average molecular weight is 268 g/mol. The smallest absolute Gasteiger partial charge is 0.122 e. The summed E-state index contributed by atoms with van der Waals surface area (Å²) in [4.78, 5) is 0. The second kappa shape index (κ2) is 5.29. The molecule has 1 heterocycles. The molecule has 3 rings (SSSR count). The highest BCUT2D eigenvalue weighted by Crippen LogP contribution is 2.34. The molecule has 1 aliphatic rings. The second-order valence-corrected chi connectivity index (χ2v) is 5.69. The SMILES string of the molecule is Cc1ccc(C)c(C(O)C2COc3ccccc3C2)c1. The molecule has 20 heavy (non-hydrogen) atoms. The van der Waals surface area contributed by atoms with Crippen LogP contribution in [-0.4, -0.2) is 11.7 Å². The molecule has 0 aliphatic carbocycles. The highest BCUT2D eigenvalue weighted by molar-refractivity contribution is 5.37. The summed E-state index contributed by atoms with van der Waals surface area (Å²) < 4.78 is 5.79. The van der Waals surface area contributed by atoms with Crippen LogP contribution >= 0.6 is 0 Å². The molecule has 0 saturated heterocycles. The molecule has 0 radical (unpaired) electrons. The highest BCUT2D eigenvalue weighted by atomic mass is 16.5. The van der Waals surface area contributed by atoms with E-state index in [4.69, 9.17) is 4.74 Å². The zero-order valence-electron chi connectivity index (χ0n) is 12.0. The van der Waals surface area contributed by atoms with Crippen LogP contribution in [0, 0.1) is 19.8 Å². The van der Waals surface area contributed by atoms with E-state index in [1.807, 2.05) is 18.2 Å². The van der Waals surface area contributed by atoms with Crippen molar-refractivity contribution in [2.24, 2.45) is 5.92 Å². The number of ether oxygens (including phenoxy) is 1. The molecule has 0 saturated carbocycles. The molecular formula is C18H20O2. The molecule has 2 nitrogen and oxygen atoms in total. The van der Waals surface area contributed by atoms with Gasteiger partial charge < -0.3 is 9.84 Å². The van der Waals surface area contributed by atoms with Gasteiger partial charge >= 0.3 is 0 Å². The number of aryl methyl sites for hydroxylation is 2. The predicted molar refractivity (Wildman–Crippen MR) is 80.0 cm³/mol. The summed E-state index contributed by atoms with van der Waals surface area (Å²) >= 11 is 0. The number of benzene rings is 2. The van der Waals surface area contributed by atoms with Gasteiger partial charge in [0.05, 0.1) is 12.7 Å². The van der Waals surface area contributed by atoms with Crippen molar-refractivity contribution in [1.82, 2.24) is 0 Å². The van der Waals surface area contributed by atoms with Crippen molar-refractivity contribution in [1.29, 1.82) is 0 Å². The van der Waals surface area contributed by atoms with Gasteiger partial charge in [-0.3, -0.25) is 0 Å². The normalized spacial score (nSPS) is 19.1. The fourth-order valence-corrected chi connectivity index (χ4v) is 2.89. The molecule has 0 amide bonds. The minimum atomic E-state index is -0.469. The van der Waals surface area contributed by atoms with E-state index in [9.17, 15) is 5.11 Å². The first-order valence-electron chi connectivity index (χ1n) is 7.11. The van der Waals surface area contributed by atoms with Crippen LogP contribution in [-0.2, 0) is 6.42 Å². The first-order valence-corrected chi connectivity index (χ1v) is 7.11. The minimum Gasteiger partial charge on any atom is -0.493 e. The van der Waals surface area contributed by atoms with E-state index < -0.39 is 6.10 Å². The van der Waals surface area contributed by atoms with Gasteiger partial charge in [-0.15, -0.1) is 0 Å². The lowest BCUT2D eigenvalue weighted by Gasteiger charge is -2.29. The average Bonchev–Trinajstić information content (AvgIpc) is 2.48. The van der Waals surface area contributed by atoms with Crippen LogP contribution in [0.2, 0.25) is 0 Å². The maximum Gasteiger partial charge on any atom is 0.122 e. The number of aliphatic hydroxyl groups is 1. The quantitative estimate of drug-likeness (QED) is 0.902. The van der Waals surface area contributed by atoms with Crippen molar-refractivity contribution in [3.8, 4) is 5.75 Å². The van der Waals surface area contributed by atoms with E-state index in [0.29, 0.717) is 6.61 Å². The lowest BCUT2D eigenvalue weighted by molar-refractivity contribution is 0.0640. The zero-order valence-corrected chi connectivity index (χ0v) is 12.0. The molecule has 104 valence electrons. The van der Waals surface area contributed by atoms with Crippen molar-refractivity contribution in [2.75, 3.05) is 6.61 Å². The maximum absolute atomic E-state index is 10.7. The minimum absolute atomic E-state index is 0.116. The molecule has 0 spiro atoms. The third-order valence-corrected chi connectivity index (χ3v) is 4.11. The number of hydrogen-bond donors (Lipinski definition) is 1. The molecular weight excluding hydrogens is 248 g/mol. The van der Waals surface area contributed by atoms with Gasteiger partial charge in [-0.2, -0.15) is 0 Å². The van der Waals surface area contributed by atoms with Gasteiger partial charge in [-0.05, 0) is 43.0 Å². The third kappa shape index (κ3) is 2.44. The van der Waals surface area contributed by atoms with Gasteiger partial charge in [-0.1, -0.05) is 42.0 Å². The summed E-state index contributed by atoms with van der Waals surface area (Å²) in [6.45, 7) is 4.68. The van der Waals surface area contributed by atoms with Crippen LogP contribution in [0.25, 0.3) is 0 Å². The van der Waals surface area contributed by atoms with E-state index in [0.717, 1.165) is 23.3 Å². The summed E-state index contributed by atoms with van der Waals surface area (Å²) in [6, 6.07) is 14.3. The monoisotopic (exact) mass is 268 g/mol. The van der Waals surface area contributed by atoms with Crippen molar-refractivity contribution in [3.05, 3.63) is 64.7 Å². The van der Waals surface area contributed by atoms with Crippen LogP contribution in [0.1, 0.15) is 28.4 Å². The molecule has 1 aliphatic heterocycles. The van der Waals surface area contributed by atoms with E-state index in [1.165, 1.54) is 11.1 Å². The zero-order chi connectivity index (χ0) is 14.1. The predicted octanol–water partition coefficient (Wildman–Crippen LogP) is 3.59. The fraction of sp³-hybridized carbons (Fsp3) is 0.333. The Kier molecular flexibility index (Phi) is 3.49. The van der Waals surface area contributed by atoms with E-state index in [2.05, 4.69) is 38.1 Å². The molecule has 1 N–H and O–H groups in total. The van der Waals surface area contributed by atoms with Gasteiger partial charge in [0.15, 0.2) is 0 Å². The van der Waals surface area contributed by atoms with Crippen LogP contribution in [0.15, 0.2) is 42.5 Å². The summed E-state index contributed by atoms with van der Waals surface area (Å²) in [7, 11) is 0. The molecule has 2 atom stereocenters. The van der Waals surface area contributed by atoms with E-state index in [1.54, 1.807) is 0 Å². The third-order valence-electron chi connectivity index (χ3n) is 4.11. The Labute approximate surface area is 120 Å². The lowest BCUT2D eigenvalue weighted by Crippen LogP contribution is -2.27. The van der Waals surface area contributed by atoms with Crippen LogP contribution in [0.5, 0.6) is 5.75 Å². The van der Waals surface area contributed by atoms with Gasteiger partial charge in [0.1, 0.15) is 5.75 Å². The maximum atomic E-state index is 10.7. The van der Waals surface area contributed by atoms with Gasteiger partial charge in [0.2, 0.25) is 0 Å². The summed E-state index contributed by atoms with van der Waals surface area (Å²) in [5, 5.41) is 10.7. The Bertz CT molecular complexity index is 619. The lowest BCUT2D eigenvalue weighted by atomic mass is 9.86. The molecule has 0 fully saturated rings. The van der Waals surface area contributed by atoms with Crippen molar-refractivity contribution in [2.45, 2.75) is 26.4 Å². The summed E-state index contributed by atoms with van der Waals surface area (Å²) in [5.41, 5.74) is 4.54. The molecule has 2 heteroatoms. The summed E-state index contributed by atoms with van der Waals surface area (Å²) in [6.07, 6.45) is 0.397. The highest BCUT2D eigenvalue weighted by Gasteiger charge is 2.27. The number of fused-ring (bicyclic) bond motifs is 1. The molecule has 0 bridgehead atoms. The molecule has 2 unspecified atom stereocenters. The van der Waals surface area contributed by atoms with E-state index >= 15 is 0 Å². The Morgan fingerprint density at radius 1 is 1.15 bits per heavy atom. The van der Waals surface area contributed by atoms with Crippen LogP contribution in [0.4, 0.5) is 0 Å². The first kappa shape index (κ1) is 13.2. The second-order valence-electron chi connectivity index (χ2n) is 5.69. The Balaban J connectivity index is 1.85. The van der Waals surface area contributed by atoms with Crippen LogP contribution < -0.4 is 4.74 Å². The number of hydrogen-bond acceptors (Lipinski definition) is 2. The van der Waals surface area contributed by atoms with Gasteiger partial charge in [0.25, 0.3) is 0 Å². The number of aliphatic hydroxyl groups excluding tert-OH is 1. The number of para-hydroxylation sites is 1. The molecule has 2 aromatic carbocycles. The Morgan fingerprint density at radius 3 is 2.80 bits per heavy atom.